The summed E-state index contributed by atoms with van der Waals surface area (Å²) in [7, 11) is 0. The maximum absolute atomic E-state index is 13.9. The first kappa shape index (κ1) is 20.5. The average molecular weight is 430 g/mol. The van der Waals surface area contributed by atoms with Gasteiger partial charge in [-0.3, -0.25) is 9.80 Å². The van der Waals surface area contributed by atoms with E-state index in [-0.39, 0.29) is 29.0 Å². The molecule has 0 fully saturated rings. The zero-order valence-electron chi connectivity index (χ0n) is 15.8. The van der Waals surface area contributed by atoms with Gasteiger partial charge in [-0.2, -0.15) is 26.3 Å². The van der Waals surface area contributed by atoms with Gasteiger partial charge in [0.25, 0.3) is 0 Å². The number of allylic oxidation sites excluding steroid dienone is 2. The number of hydrogen-bond donors (Lipinski definition) is 2. The van der Waals surface area contributed by atoms with Gasteiger partial charge in [-0.15, -0.1) is 0 Å². The Morgan fingerprint density at radius 3 is 2.47 bits per heavy atom. The van der Waals surface area contributed by atoms with Crippen LogP contribution in [0.3, 0.4) is 0 Å². The van der Waals surface area contributed by atoms with E-state index in [1.54, 1.807) is 6.92 Å². The number of amidine groups is 1. The van der Waals surface area contributed by atoms with E-state index in [1.807, 2.05) is 0 Å². The molecule has 1 amide bonds. The molecule has 0 saturated carbocycles. The Balaban J connectivity index is 1.98. The predicted molar refractivity (Wildman–Crippen MR) is 97.0 cm³/mol. The van der Waals surface area contributed by atoms with Crippen molar-refractivity contribution in [1.29, 1.82) is 0 Å². The van der Waals surface area contributed by atoms with E-state index < -0.39 is 46.9 Å². The molecule has 0 saturated heterocycles. The van der Waals surface area contributed by atoms with Crippen LogP contribution in [0.4, 0.5) is 32.0 Å². The number of anilines is 1. The van der Waals surface area contributed by atoms with Crippen molar-refractivity contribution in [3.05, 3.63) is 46.0 Å². The summed E-state index contributed by atoms with van der Waals surface area (Å²) in [5.41, 5.74) is -0.409. The Labute approximate surface area is 167 Å². The van der Waals surface area contributed by atoms with Crippen LogP contribution < -0.4 is 10.7 Å². The molecule has 0 aliphatic carbocycles. The summed E-state index contributed by atoms with van der Waals surface area (Å²) >= 11 is 0. The molecule has 0 aromatic heterocycles. The van der Waals surface area contributed by atoms with Crippen LogP contribution in [0.15, 0.2) is 34.3 Å². The van der Waals surface area contributed by atoms with Crippen LogP contribution in [0.1, 0.15) is 37.0 Å². The Bertz CT molecular complexity index is 1030. The number of benzene rings is 1. The lowest BCUT2D eigenvalue weighted by atomic mass is 9.94. The summed E-state index contributed by atoms with van der Waals surface area (Å²) in [5, 5.41) is 3.25. The van der Waals surface area contributed by atoms with Gasteiger partial charge in [0, 0.05) is 5.56 Å². The zero-order chi connectivity index (χ0) is 22.0. The summed E-state index contributed by atoms with van der Waals surface area (Å²) in [6.45, 7) is 3.24. The van der Waals surface area contributed by atoms with E-state index in [0.717, 1.165) is 11.1 Å². The maximum Gasteiger partial charge on any atom is 0.418 e. The number of carbonyl (C=O) groups is 1. The minimum absolute atomic E-state index is 0.00477. The van der Waals surface area contributed by atoms with Gasteiger partial charge >= 0.3 is 12.4 Å². The quantitative estimate of drug-likeness (QED) is 0.685. The molecule has 3 aliphatic rings. The monoisotopic (exact) mass is 430 g/mol. The highest BCUT2D eigenvalue weighted by Crippen LogP contribution is 2.45. The molecule has 160 valence electrons. The Morgan fingerprint density at radius 2 is 1.87 bits per heavy atom. The zero-order valence-corrected chi connectivity index (χ0v) is 15.8. The number of nitrogens with zero attached hydrogens (tertiary/aromatic N) is 2. The van der Waals surface area contributed by atoms with Crippen molar-refractivity contribution in [1.82, 2.24) is 10.4 Å². The molecule has 1 aromatic rings. The number of alkyl halides is 6. The van der Waals surface area contributed by atoms with E-state index in [2.05, 4.69) is 15.7 Å². The molecule has 3 heterocycles. The van der Waals surface area contributed by atoms with E-state index in [9.17, 15) is 31.1 Å². The van der Waals surface area contributed by atoms with Crippen LogP contribution in [0.2, 0.25) is 0 Å². The van der Waals surface area contributed by atoms with Crippen molar-refractivity contribution in [2.45, 2.75) is 45.2 Å². The highest BCUT2D eigenvalue weighted by atomic mass is 19.4. The molecule has 30 heavy (non-hydrogen) atoms. The van der Waals surface area contributed by atoms with Crippen LogP contribution in [0.5, 0.6) is 0 Å². The molecule has 5 nitrogen and oxygen atoms in total. The molecule has 2 N–H and O–H groups in total. The van der Waals surface area contributed by atoms with Crippen molar-refractivity contribution < 1.29 is 31.1 Å². The predicted octanol–water partition coefficient (Wildman–Crippen LogP) is 4.39. The maximum atomic E-state index is 13.9. The van der Waals surface area contributed by atoms with Crippen molar-refractivity contribution in [3.63, 3.8) is 0 Å². The van der Waals surface area contributed by atoms with Crippen molar-refractivity contribution in [2.24, 2.45) is 4.99 Å². The molecule has 4 rings (SSSR count). The topological polar surface area (TPSA) is 56.7 Å². The first-order valence-corrected chi connectivity index (χ1v) is 9.08. The number of carbonyl (C=O) groups excluding carboxylic acids is 1. The van der Waals surface area contributed by atoms with Gasteiger partial charge in [0.1, 0.15) is 12.0 Å². The van der Waals surface area contributed by atoms with Crippen molar-refractivity contribution in [2.75, 3.05) is 5.32 Å². The molecule has 1 unspecified atom stereocenters. The Kier molecular flexibility index (Phi) is 4.49. The molecular weight excluding hydrogens is 414 g/mol. The number of aliphatic imine (C=N–C) groups is 1. The highest BCUT2D eigenvalue weighted by Gasteiger charge is 2.44. The second-order valence-corrected chi connectivity index (χ2v) is 7.21. The molecule has 11 heteroatoms. The second-order valence-electron chi connectivity index (χ2n) is 7.21. The first-order valence-electron chi connectivity index (χ1n) is 9.08. The minimum Gasteiger partial charge on any atom is -0.325 e. The fourth-order valence-electron chi connectivity index (χ4n) is 3.75. The third-order valence-electron chi connectivity index (χ3n) is 5.07. The van der Waals surface area contributed by atoms with Gasteiger partial charge in [-0.25, -0.2) is 10.4 Å². The first-order chi connectivity index (χ1) is 13.9. The summed E-state index contributed by atoms with van der Waals surface area (Å²) in [4.78, 5) is 16.0. The Hall–Kier alpha value is -2.82. The summed E-state index contributed by atoms with van der Waals surface area (Å²) in [6.07, 6.45) is -9.18. The molecular formula is C19H16F6N4O. The lowest BCUT2D eigenvalue weighted by Gasteiger charge is -2.32. The summed E-state index contributed by atoms with van der Waals surface area (Å²) in [5.74, 6) is -0.433. The normalized spacial score (nSPS) is 21.4. The standard InChI is InChI=1S/C19H16F6N4O/c1-3-13-26-17-8(2)4-12(19(23,24)25)16(29(17)28-13)10-5-9-7-14(30)27-15(9)11(6-10)18(20,21)22/h4-6,13,28H,3,7H2,1-2H3,(H,27,30). The van der Waals surface area contributed by atoms with Crippen molar-refractivity contribution >= 4 is 23.1 Å². The molecule has 0 radical (unpaired) electrons. The number of nitrogens with one attached hydrogen (secondary N) is 2. The van der Waals surface area contributed by atoms with E-state index in [4.69, 9.17) is 0 Å². The molecule has 3 aliphatic heterocycles. The Morgan fingerprint density at radius 1 is 1.17 bits per heavy atom. The molecule has 0 bridgehead atoms. The largest absolute Gasteiger partial charge is 0.418 e. The fraction of sp³-hybridized carbons (Fsp3) is 0.368. The SMILES string of the molecule is CCC1N=C2C(C)=CC(C(F)(F)F)=C(c3cc4c(c(C(F)(F)F)c3)NC(=O)C4)N2N1. The average Bonchev–Trinajstić information content (AvgIpc) is 3.21. The van der Waals surface area contributed by atoms with Gasteiger partial charge in [0.05, 0.1) is 28.9 Å². The number of rotatable bonds is 2. The smallest absolute Gasteiger partial charge is 0.325 e. The molecule has 1 aromatic carbocycles. The van der Waals surface area contributed by atoms with Gasteiger partial charge in [-0.1, -0.05) is 6.92 Å². The van der Waals surface area contributed by atoms with Crippen molar-refractivity contribution in [3.8, 4) is 0 Å². The lowest BCUT2D eigenvalue weighted by Crippen LogP contribution is -2.42. The summed E-state index contributed by atoms with van der Waals surface area (Å²) < 4.78 is 82.5. The van der Waals surface area contributed by atoms with Crippen LogP contribution in [0, 0.1) is 0 Å². The van der Waals surface area contributed by atoms with Gasteiger partial charge in [-0.05, 0) is 42.7 Å². The van der Waals surface area contributed by atoms with Gasteiger partial charge < -0.3 is 5.32 Å². The van der Waals surface area contributed by atoms with Crippen LogP contribution in [0.25, 0.3) is 5.70 Å². The minimum atomic E-state index is -4.86. The number of hydrazine groups is 1. The number of fused-ring (bicyclic) bond motifs is 2. The third-order valence-corrected chi connectivity index (χ3v) is 5.07. The number of amides is 1. The van der Waals surface area contributed by atoms with Gasteiger partial charge in [0.2, 0.25) is 5.91 Å². The van der Waals surface area contributed by atoms with E-state index >= 15 is 0 Å². The number of hydrogen-bond acceptors (Lipinski definition) is 4. The third kappa shape index (κ3) is 3.26. The highest BCUT2D eigenvalue weighted by molar-refractivity contribution is 6.07. The number of halogens is 6. The summed E-state index contributed by atoms with van der Waals surface area (Å²) in [6, 6.07) is 1.83. The molecule has 1 atom stereocenters. The van der Waals surface area contributed by atoms with E-state index in [0.29, 0.717) is 12.5 Å². The van der Waals surface area contributed by atoms with Crippen LogP contribution in [-0.2, 0) is 17.4 Å². The lowest BCUT2D eigenvalue weighted by molar-refractivity contribution is -0.136. The van der Waals surface area contributed by atoms with E-state index in [1.165, 1.54) is 13.0 Å². The molecule has 0 spiro atoms. The van der Waals surface area contributed by atoms with Crippen LogP contribution >= 0.6 is 0 Å². The fourth-order valence-corrected chi connectivity index (χ4v) is 3.75. The van der Waals surface area contributed by atoms with Crippen LogP contribution in [-0.4, -0.2) is 29.1 Å². The van der Waals surface area contributed by atoms with Gasteiger partial charge in [0.15, 0.2) is 0 Å². The second kappa shape index (κ2) is 6.59.